The lowest BCUT2D eigenvalue weighted by molar-refractivity contribution is 0.492. The van der Waals surface area contributed by atoms with Gasteiger partial charge in [0.05, 0.1) is 15.6 Å². The van der Waals surface area contributed by atoms with E-state index >= 15 is 0 Å². The lowest BCUT2D eigenvalue weighted by Gasteiger charge is -2.13. The van der Waals surface area contributed by atoms with Crippen LogP contribution in [0.4, 0.5) is 5.69 Å². The first kappa shape index (κ1) is 14.6. The zero-order valence-electron chi connectivity index (χ0n) is 11.1. The number of rotatable bonds is 5. The highest BCUT2D eigenvalue weighted by molar-refractivity contribution is 7.89. The van der Waals surface area contributed by atoms with E-state index in [2.05, 4.69) is 11.6 Å². The van der Waals surface area contributed by atoms with Crippen molar-refractivity contribution in [1.82, 2.24) is 4.72 Å². The van der Waals surface area contributed by atoms with Crippen LogP contribution < -0.4 is 10.5 Å². The van der Waals surface area contributed by atoms with Crippen molar-refractivity contribution in [3.8, 4) is 0 Å². The van der Waals surface area contributed by atoms with Crippen molar-refractivity contribution < 1.29 is 8.42 Å². The van der Waals surface area contributed by atoms with Gasteiger partial charge in [-0.3, -0.25) is 0 Å². The number of aryl methyl sites for hydroxylation is 1. The Morgan fingerprint density at radius 2 is 2.11 bits per heavy atom. The number of sulfonamides is 1. The number of hydrogen-bond acceptors (Lipinski definition) is 3. The Labute approximate surface area is 119 Å². The molecule has 19 heavy (non-hydrogen) atoms. The van der Waals surface area contributed by atoms with Gasteiger partial charge in [0.1, 0.15) is 0 Å². The standard InChI is InChI=1S/C13H19ClN2O2S/c1-8-5-11(6-12(15)13(8)14)19(17,18)16-7-9(2)10-3-4-10/h5-6,9-10,16H,3-4,7,15H2,1-2H3. The van der Waals surface area contributed by atoms with Crippen molar-refractivity contribution in [2.24, 2.45) is 11.8 Å². The molecule has 1 aromatic rings. The summed E-state index contributed by atoms with van der Waals surface area (Å²) in [6.45, 7) is 4.28. The maximum Gasteiger partial charge on any atom is 0.240 e. The van der Waals surface area contributed by atoms with Crippen molar-refractivity contribution in [2.45, 2.75) is 31.6 Å². The molecule has 0 spiro atoms. The van der Waals surface area contributed by atoms with Gasteiger partial charge in [0.2, 0.25) is 10.0 Å². The number of benzene rings is 1. The number of nitrogens with one attached hydrogen (secondary N) is 1. The molecule has 1 fully saturated rings. The molecule has 1 aromatic carbocycles. The van der Waals surface area contributed by atoms with Crippen LogP contribution in [-0.4, -0.2) is 15.0 Å². The molecule has 0 aliphatic heterocycles. The molecular weight excluding hydrogens is 284 g/mol. The van der Waals surface area contributed by atoms with E-state index < -0.39 is 10.0 Å². The molecule has 6 heteroatoms. The minimum atomic E-state index is -3.51. The molecular formula is C13H19ClN2O2S. The fourth-order valence-electron chi connectivity index (χ4n) is 2.07. The zero-order chi connectivity index (χ0) is 14.2. The SMILES string of the molecule is Cc1cc(S(=O)(=O)NCC(C)C2CC2)cc(N)c1Cl. The van der Waals surface area contributed by atoms with Gasteiger partial charge < -0.3 is 5.73 Å². The van der Waals surface area contributed by atoms with Crippen LogP contribution in [0.25, 0.3) is 0 Å². The average Bonchev–Trinajstić information content (AvgIpc) is 3.16. The molecule has 1 unspecified atom stereocenters. The molecule has 2 rings (SSSR count). The summed E-state index contributed by atoms with van der Waals surface area (Å²) in [6, 6.07) is 2.95. The fraction of sp³-hybridized carbons (Fsp3) is 0.538. The Morgan fingerprint density at radius 3 is 2.63 bits per heavy atom. The monoisotopic (exact) mass is 302 g/mol. The summed E-state index contributed by atoms with van der Waals surface area (Å²) in [7, 11) is -3.51. The first-order chi connectivity index (χ1) is 8.81. The summed E-state index contributed by atoms with van der Waals surface area (Å²) < 4.78 is 27.0. The summed E-state index contributed by atoms with van der Waals surface area (Å²) in [5.74, 6) is 1.04. The molecule has 1 atom stereocenters. The molecule has 0 saturated heterocycles. The Morgan fingerprint density at radius 1 is 1.47 bits per heavy atom. The maximum absolute atomic E-state index is 12.2. The van der Waals surface area contributed by atoms with Crippen LogP contribution in [0.1, 0.15) is 25.3 Å². The molecule has 1 aliphatic carbocycles. The highest BCUT2D eigenvalue weighted by Crippen LogP contribution is 2.36. The zero-order valence-corrected chi connectivity index (χ0v) is 12.7. The second-order valence-corrected chi connectivity index (χ2v) is 7.45. The smallest absolute Gasteiger partial charge is 0.240 e. The number of hydrogen-bond donors (Lipinski definition) is 2. The minimum absolute atomic E-state index is 0.176. The van der Waals surface area contributed by atoms with E-state index in [1.807, 2.05) is 0 Å². The Balaban J connectivity index is 2.14. The van der Waals surface area contributed by atoms with Crippen LogP contribution in [0.5, 0.6) is 0 Å². The summed E-state index contributed by atoms with van der Waals surface area (Å²) in [4.78, 5) is 0.176. The maximum atomic E-state index is 12.2. The van der Waals surface area contributed by atoms with E-state index in [1.165, 1.54) is 18.9 Å². The minimum Gasteiger partial charge on any atom is -0.397 e. The lowest BCUT2D eigenvalue weighted by Crippen LogP contribution is -2.29. The molecule has 1 saturated carbocycles. The van der Waals surface area contributed by atoms with Crippen LogP contribution in [0.3, 0.4) is 0 Å². The topological polar surface area (TPSA) is 72.2 Å². The van der Waals surface area contributed by atoms with Crippen molar-refractivity contribution in [2.75, 3.05) is 12.3 Å². The quantitative estimate of drug-likeness (QED) is 0.821. The number of nitrogen functional groups attached to an aromatic ring is 1. The van der Waals surface area contributed by atoms with Crippen LogP contribution in [0.2, 0.25) is 5.02 Å². The summed E-state index contributed by atoms with van der Waals surface area (Å²) >= 11 is 5.94. The molecule has 0 amide bonds. The van der Waals surface area contributed by atoms with Crippen molar-refractivity contribution in [3.63, 3.8) is 0 Å². The van der Waals surface area contributed by atoms with E-state index in [4.69, 9.17) is 17.3 Å². The van der Waals surface area contributed by atoms with Gasteiger partial charge in [-0.05, 0) is 49.3 Å². The van der Waals surface area contributed by atoms with E-state index in [0.29, 0.717) is 29.0 Å². The summed E-state index contributed by atoms with van der Waals surface area (Å²) in [6.07, 6.45) is 2.41. The second-order valence-electron chi connectivity index (χ2n) is 5.31. The fourth-order valence-corrected chi connectivity index (χ4v) is 3.45. The molecule has 3 N–H and O–H groups in total. The molecule has 0 bridgehead atoms. The third-order valence-corrected chi connectivity index (χ3v) is 5.51. The van der Waals surface area contributed by atoms with Gasteiger partial charge in [-0.2, -0.15) is 0 Å². The average molecular weight is 303 g/mol. The lowest BCUT2D eigenvalue weighted by atomic mass is 10.1. The van der Waals surface area contributed by atoms with E-state index in [-0.39, 0.29) is 10.6 Å². The predicted octanol–water partition coefficient (Wildman–Crippen LogP) is 2.56. The van der Waals surface area contributed by atoms with Crippen LogP contribution in [-0.2, 0) is 10.0 Å². The third kappa shape index (κ3) is 3.41. The van der Waals surface area contributed by atoms with Crippen LogP contribution in [0.15, 0.2) is 17.0 Å². The van der Waals surface area contributed by atoms with Crippen LogP contribution >= 0.6 is 11.6 Å². The second kappa shape index (κ2) is 5.31. The Hall–Kier alpha value is -0.780. The molecule has 0 radical (unpaired) electrons. The summed E-state index contributed by atoms with van der Waals surface area (Å²) in [5, 5.41) is 0.408. The number of nitrogens with two attached hydrogens (primary N) is 1. The van der Waals surface area contributed by atoms with Crippen molar-refractivity contribution >= 4 is 27.3 Å². The van der Waals surface area contributed by atoms with Crippen LogP contribution in [0, 0.1) is 18.8 Å². The highest BCUT2D eigenvalue weighted by atomic mass is 35.5. The molecule has 0 aromatic heterocycles. The molecule has 0 heterocycles. The van der Waals surface area contributed by atoms with Crippen molar-refractivity contribution in [3.05, 3.63) is 22.7 Å². The Bertz CT molecular complexity index is 559. The number of anilines is 1. The van der Waals surface area contributed by atoms with E-state index in [0.717, 1.165) is 0 Å². The predicted molar refractivity (Wildman–Crippen MR) is 77.7 cm³/mol. The summed E-state index contributed by atoms with van der Waals surface area (Å²) in [5.41, 5.74) is 6.66. The number of halogens is 1. The Kier molecular flexibility index (Phi) is 4.08. The third-order valence-electron chi connectivity index (χ3n) is 3.59. The molecule has 106 valence electrons. The molecule has 1 aliphatic rings. The largest absolute Gasteiger partial charge is 0.397 e. The van der Waals surface area contributed by atoms with Gasteiger partial charge in [0, 0.05) is 6.54 Å². The normalized spacial score (nSPS) is 17.4. The van der Waals surface area contributed by atoms with Gasteiger partial charge in [-0.25, -0.2) is 13.1 Å². The molecule has 4 nitrogen and oxygen atoms in total. The van der Waals surface area contributed by atoms with Gasteiger partial charge in [-0.1, -0.05) is 18.5 Å². The first-order valence-corrected chi connectivity index (χ1v) is 8.22. The first-order valence-electron chi connectivity index (χ1n) is 6.36. The van der Waals surface area contributed by atoms with Gasteiger partial charge >= 0.3 is 0 Å². The van der Waals surface area contributed by atoms with Gasteiger partial charge in [0.25, 0.3) is 0 Å². The van der Waals surface area contributed by atoms with E-state index in [9.17, 15) is 8.42 Å². The van der Waals surface area contributed by atoms with Gasteiger partial charge in [-0.15, -0.1) is 0 Å². The van der Waals surface area contributed by atoms with Crippen molar-refractivity contribution in [1.29, 1.82) is 0 Å². The van der Waals surface area contributed by atoms with Gasteiger partial charge in [0.15, 0.2) is 0 Å². The van der Waals surface area contributed by atoms with E-state index in [1.54, 1.807) is 13.0 Å². The highest BCUT2D eigenvalue weighted by Gasteiger charge is 2.29.